The van der Waals surface area contributed by atoms with Crippen LogP contribution in [-0.2, 0) is 20.7 Å². The number of nitrogens with zero attached hydrogens (tertiary/aromatic N) is 1. The van der Waals surface area contributed by atoms with E-state index in [0.29, 0.717) is 12.3 Å². The minimum Gasteiger partial charge on any atom is -0.481 e. The molecule has 0 radical (unpaired) electrons. The van der Waals surface area contributed by atoms with Crippen LogP contribution in [0.2, 0.25) is 0 Å². The highest BCUT2D eigenvalue weighted by Gasteiger charge is 2.24. The van der Waals surface area contributed by atoms with Crippen LogP contribution in [0.3, 0.4) is 0 Å². The molecule has 29 heavy (non-hydrogen) atoms. The van der Waals surface area contributed by atoms with Crippen LogP contribution >= 0.6 is 0 Å². The number of hydrogen-bond acceptors (Lipinski definition) is 4. The van der Waals surface area contributed by atoms with E-state index in [2.05, 4.69) is 0 Å². The molecule has 3 aromatic carbocycles. The molecule has 0 saturated carbocycles. The molecule has 0 fully saturated rings. The summed E-state index contributed by atoms with van der Waals surface area (Å²) < 4.78 is 10.8. The standard InChI is InChI=1S/C24H21NO4/c26-23(25-15-14-19-10-4-6-12-21(19)25)16-29-24(27)17-28-22-13-7-5-11-20(22)18-8-2-1-3-9-18/h1-13H,14-17H2. The number of ether oxygens (including phenoxy) is 2. The molecule has 3 aromatic rings. The summed E-state index contributed by atoms with van der Waals surface area (Å²) >= 11 is 0. The molecule has 1 heterocycles. The Balaban J connectivity index is 1.32. The molecule has 0 aromatic heterocycles. The van der Waals surface area contributed by atoms with Gasteiger partial charge in [-0.1, -0.05) is 66.7 Å². The minimum absolute atomic E-state index is 0.229. The van der Waals surface area contributed by atoms with Gasteiger partial charge >= 0.3 is 5.97 Å². The molecule has 0 spiro atoms. The Kier molecular flexibility index (Phi) is 5.56. The van der Waals surface area contributed by atoms with Crippen LogP contribution in [0.25, 0.3) is 11.1 Å². The van der Waals surface area contributed by atoms with Gasteiger partial charge in [-0.3, -0.25) is 4.79 Å². The van der Waals surface area contributed by atoms with Gasteiger partial charge < -0.3 is 14.4 Å². The third kappa shape index (κ3) is 4.29. The van der Waals surface area contributed by atoms with Crippen molar-refractivity contribution in [1.29, 1.82) is 0 Å². The van der Waals surface area contributed by atoms with E-state index in [4.69, 9.17) is 9.47 Å². The lowest BCUT2D eigenvalue weighted by molar-refractivity contribution is -0.149. The number of amides is 1. The maximum atomic E-state index is 12.4. The highest BCUT2D eigenvalue weighted by atomic mass is 16.6. The maximum Gasteiger partial charge on any atom is 0.344 e. The number of carbonyl (C=O) groups excluding carboxylic acids is 2. The number of fused-ring (bicyclic) bond motifs is 1. The Labute approximate surface area is 169 Å². The third-order valence-corrected chi connectivity index (χ3v) is 4.86. The second-order valence-corrected chi connectivity index (χ2v) is 6.74. The average molecular weight is 387 g/mol. The van der Waals surface area contributed by atoms with E-state index in [1.807, 2.05) is 78.9 Å². The van der Waals surface area contributed by atoms with Crippen LogP contribution in [0.4, 0.5) is 5.69 Å². The van der Waals surface area contributed by atoms with Crippen molar-refractivity contribution in [3.05, 3.63) is 84.4 Å². The lowest BCUT2D eigenvalue weighted by atomic mass is 10.1. The Hall–Kier alpha value is -3.60. The Bertz CT molecular complexity index is 1020. The van der Waals surface area contributed by atoms with Gasteiger partial charge in [0.25, 0.3) is 5.91 Å². The van der Waals surface area contributed by atoms with Gasteiger partial charge in [0, 0.05) is 17.8 Å². The monoisotopic (exact) mass is 387 g/mol. The van der Waals surface area contributed by atoms with Crippen molar-refractivity contribution in [1.82, 2.24) is 0 Å². The summed E-state index contributed by atoms with van der Waals surface area (Å²) in [5.41, 5.74) is 3.92. The van der Waals surface area contributed by atoms with Crippen molar-refractivity contribution < 1.29 is 19.1 Å². The van der Waals surface area contributed by atoms with Crippen molar-refractivity contribution in [3.63, 3.8) is 0 Å². The minimum atomic E-state index is -0.575. The summed E-state index contributed by atoms with van der Waals surface area (Å²) in [6.45, 7) is 0.0568. The number of carbonyl (C=O) groups is 2. The van der Waals surface area contributed by atoms with Crippen LogP contribution in [0, 0.1) is 0 Å². The predicted octanol–water partition coefficient (Wildman–Crippen LogP) is 3.86. The van der Waals surface area contributed by atoms with Gasteiger partial charge in [0.05, 0.1) is 0 Å². The van der Waals surface area contributed by atoms with Crippen LogP contribution in [0.1, 0.15) is 5.56 Å². The molecular weight excluding hydrogens is 366 g/mol. The first-order valence-electron chi connectivity index (χ1n) is 9.53. The van der Waals surface area contributed by atoms with Gasteiger partial charge in [-0.25, -0.2) is 4.79 Å². The normalized spacial score (nSPS) is 12.3. The van der Waals surface area contributed by atoms with E-state index in [9.17, 15) is 9.59 Å². The van der Waals surface area contributed by atoms with E-state index in [0.717, 1.165) is 28.8 Å². The summed E-state index contributed by atoms with van der Waals surface area (Å²) in [6.07, 6.45) is 0.815. The highest BCUT2D eigenvalue weighted by Crippen LogP contribution is 2.29. The summed E-state index contributed by atoms with van der Waals surface area (Å²) in [6, 6.07) is 25.1. The molecule has 1 aliphatic rings. The van der Waals surface area contributed by atoms with Gasteiger partial charge in [-0.2, -0.15) is 0 Å². The van der Waals surface area contributed by atoms with Crippen molar-refractivity contribution in [3.8, 4) is 16.9 Å². The summed E-state index contributed by atoms with van der Waals surface area (Å²) in [5, 5.41) is 0. The van der Waals surface area contributed by atoms with Gasteiger partial charge in [-0.05, 0) is 29.7 Å². The lowest BCUT2D eigenvalue weighted by Crippen LogP contribution is -2.33. The number of anilines is 1. The molecule has 0 aliphatic carbocycles. The van der Waals surface area contributed by atoms with Gasteiger partial charge in [0.1, 0.15) is 5.75 Å². The first-order chi connectivity index (χ1) is 14.2. The molecule has 0 atom stereocenters. The molecule has 146 valence electrons. The van der Waals surface area contributed by atoms with Crippen LogP contribution < -0.4 is 9.64 Å². The maximum absolute atomic E-state index is 12.4. The van der Waals surface area contributed by atoms with Crippen molar-refractivity contribution in [2.45, 2.75) is 6.42 Å². The van der Waals surface area contributed by atoms with Crippen molar-refractivity contribution >= 4 is 17.6 Å². The van der Waals surface area contributed by atoms with Crippen molar-refractivity contribution in [2.75, 3.05) is 24.7 Å². The van der Waals surface area contributed by atoms with Crippen molar-refractivity contribution in [2.24, 2.45) is 0 Å². The van der Waals surface area contributed by atoms with E-state index in [-0.39, 0.29) is 19.1 Å². The average Bonchev–Trinajstić information content (AvgIpc) is 3.21. The second-order valence-electron chi connectivity index (χ2n) is 6.74. The summed E-state index contributed by atoms with van der Waals surface area (Å²) in [7, 11) is 0. The van der Waals surface area contributed by atoms with E-state index in [1.54, 1.807) is 4.90 Å². The molecule has 1 amide bonds. The molecule has 0 unspecified atom stereocenters. The fourth-order valence-electron chi connectivity index (χ4n) is 3.44. The zero-order valence-corrected chi connectivity index (χ0v) is 15.9. The third-order valence-electron chi connectivity index (χ3n) is 4.86. The van der Waals surface area contributed by atoms with Gasteiger partial charge in [-0.15, -0.1) is 0 Å². The fourth-order valence-corrected chi connectivity index (χ4v) is 3.44. The first kappa shape index (κ1) is 18.7. The fraction of sp³-hybridized carbons (Fsp3) is 0.167. The molecular formula is C24H21NO4. The molecule has 5 heteroatoms. The van der Waals surface area contributed by atoms with Gasteiger partial charge in [0.2, 0.25) is 0 Å². The number of hydrogen-bond donors (Lipinski definition) is 0. The SMILES string of the molecule is O=C(COc1ccccc1-c1ccccc1)OCC(=O)N1CCc2ccccc21. The zero-order chi connectivity index (χ0) is 20.1. The van der Waals surface area contributed by atoms with E-state index in [1.165, 1.54) is 0 Å². The van der Waals surface area contributed by atoms with E-state index < -0.39 is 5.97 Å². The molecule has 5 nitrogen and oxygen atoms in total. The number of benzene rings is 3. The summed E-state index contributed by atoms with van der Waals surface area (Å²) in [5.74, 6) is -0.211. The highest BCUT2D eigenvalue weighted by molar-refractivity contribution is 5.97. The Morgan fingerprint density at radius 1 is 0.828 bits per heavy atom. The lowest BCUT2D eigenvalue weighted by Gasteiger charge is -2.17. The van der Waals surface area contributed by atoms with Gasteiger partial charge in [0.15, 0.2) is 13.2 Å². The number of rotatable bonds is 6. The number of esters is 1. The number of para-hydroxylation sites is 2. The Morgan fingerprint density at radius 2 is 1.55 bits per heavy atom. The van der Waals surface area contributed by atoms with Crippen LogP contribution in [0.5, 0.6) is 5.75 Å². The second kappa shape index (κ2) is 8.61. The zero-order valence-electron chi connectivity index (χ0n) is 15.9. The topological polar surface area (TPSA) is 55.8 Å². The molecule has 0 bridgehead atoms. The molecule has 4 rings (SSSR count). The van der Waals surface area contributed by atoms with Crippen LogP contribution in [-0.4, -0.2) is 31.6 Å². The van der Waals surface area contributed by atoms with Crippen LogP contribution in [0.15, 0.2) is 78.9 Å². The predicted molar refractivity (Wildman–Crippen MR) is 111 cm³/mol. The largest absolute Gasteiger partial charge is 0.481 e. The summed E-state index contributed by atoms with van der Waals surface area (Å²) in [4.78, 5) is 26.2. The Morgan fingerprint density at radius 3 is 2.41 bits per heavy atom. The van der Waals surface area contributed by atoms with E-state index >= 15 is 0 Å². The molecule has 0 saturated heterocycles. The quantitative estimate of drug-likeness (QED) is 0.603. The smallest absolute Gasteiger partial charge is 0.344 e. The molecule has 0 N–H and O–H groups in total. The molecule has 1 aliphatic heterocycles. The first-order valence-corrected chi connectivity index (χ1v) is 9.53.